The van der Waals surface area contributed by atoms with Gasteiger partial charge >= 0.3 is 5.97 Å². The van der Waals surface area contributed by atoms with Gasteiger partial charge in [-0.25, -0.2) is 9.69 Å². The van der Waals surface area contributed by atoms with Crippen molar-refractivity contribution >= 4 is 17.8 Å². The molecule has 0 aromatic heterocycles. The Labute approximate surface area is 98.4 Å². The minimum Gasteiger partial charge on any atom is -0.477 e. The van der Waals surface area contributed by atoms with Crippen LogP contribution in [0, 0.1) is 11.8 Å². The van der Waals surface area contributed by atoms with E-state index in [0.717, 1.165) is 4.90 Å². The average Bonchev–Trinajstić information content (AvgIpc) is 2.56. The third-order valence-electron chi connectivity index (χ3n) is 3.24. The molecular formula is C12H13NO4. The molecule has 2 rings (SSSR count). The predicted octanol–water partition coefficient (Wildman–Crippen LogP) is 0.926. The monoisotopic (exact) mass is 235 g/mol. The molecule has 0 saturated carbocycles. The Morgan fingerprint density at radius 3 is 2.12 bits per heavy atom. The number of rotatable bonds is 2. The first-order chi connectivity index (χ1) is 8.07. The van der Waals surface area contributed by atoms with Crippen molar-refractivity contribution in [2.75, 3.05) is 0 Å². The van der Waals surface area contributed by atoms with Crippen LogP contribution in [0.5, 0.6) is 0 Å². The Hall–Kier alpha value is -1.91. The number of hydrogen-bond donors (Lipinski definition) is 1. The van der Waals surface area contributed by atoms with Gasteiger partial charge in [-0.2, -0.15) is 0 Å². The number of fused-ring (bicyclic) bond motifs is 1. The Morgan fingerprint density at radius 1 is 1.29 bits per heavy atom. The lowest BCUT2D eigenvalue weighted by molar-refractivity contribution is -0.144. The van der Waals surface area contributed by atoms with Crippen LogP contribution in [0.1, 0.15) is 19.8 Å². The molecule has 1 aliphatic heterocycles. The molecule has 17 heavy (non-hydrogen) atoms. The van der Waals surface area contributed by atoms with Crippen molar-refractivity contribution in [3.8, 4) is 0 Å². The molecule has 0 unspecified atom stereocenters. The van der Waals surface area contributed by atoms with E-state index in [4.69, 9.17) is 5.11 Å². The standard InChI is InChI=1S/C12H13NO4/c1-2-9(12(16)17)13-10(14)7-5-3-4-6-8(7)11(13)15/h2-4,7-8H,5-6H2,1H3,(H,16,17)/b9-2-/t7-,8+. The summed E-state index contributed by atoms with van der Waals surface area (Å²) < 4.78 is 0. The van der Waals surface area contributed by atoms with Gasteiger partial charge in [0.15, 0.2) is 0 Å². The van der Waals surface area contributed by atoms with Crippen LogP contribution in [0.2, 0.25) is 0 Å². The first-order valence-corrected chi connectivity index (χ1v) is 5.50. The van der Waals surface area contributed by atoms with Crippen molar-refractivity contribution in [2.24, 2.45) is 11.8 Å². The van der Waals surface area contributed by atoms with Crippen LogP contribution in [-0.2, 0) is 14.4 Å². The van der Waals surface area contributed by atoms with E-state index in [-0.39, 0.29) is 29.3 Å². The maximum Gasteiger partial charge on any atom is 0.352 e. The molecule has 1 N–H and O–H groups in total. The lowest BCUT2D eigenvalue weighted by atomic mass is 9.85. The van der Waals surface area contributed by atoms with E-state index in [1.807, 2.05) is 12.2 Å². The highest BCUT2D eigenvalue weighted by Crippen LogP contribution is 2.36. The summed E-state index contributed by atoms with van der Waals surface area (Å²) in [7, 11) is 0. The average molecular weight is 235 g/mol. The zero-order valence-corrected chi connectivity index (χ0v) is 9.42. The summed E-state index contributed by atoms with van der Waals surface area (Å²) in [4.78, 5) is 35.9. The maximum atomic E-state index is 12.0. The Morgan fingerprint density at radius 2 is 1.76 bits per heavy atom. The van der Waals surface area contributed by atoms with Crippen molar-refractivity contribution in [2.45, 2.75) is 19.8 Å². The number of hydrogen-bond acceptors (Lipinski definition) is 3. The van der Waals surface area contributed by atoms with Gasteiger partial charge in [-0.15, -0.1) is 0 Å². The number of carbonyl (C=O) groups is 3. The van der Waals surface area contributed by atoms with Crippen molar-refractivity contribution < 1.29 is 19.5 Å². The Balaban J connectivity index is 2.36. The van der Waals surface area contributed by atoms with E-state index in [0.29, 0.717) is 12.8 Å². The van der Waals surface area contributed by atoms with Crippen molar-refractivity contribution in [3.63, 3.8) is 0 Å². The second-order valence-corrected chi connectivity index (χ2v) is 4.15. The molecule has 1 aliphatic carbocycles. The van der Waals surface area contributed by atoms with E-state index >= 15 is 0 Å². The molecule has 90 valence electrons. The van der Waals surface area contributed by atoms with Crippen LogP contribution in [0.4, 0.5) is 0 Å². The fourth-order valence-electron chi connectivity index (χ4n) is 2.39. The first kappa shape index (κ1) is 11.6. The van der Waals surface area contributed by atoms with Crippen LogP contribution in [0.25, 0.3) is 0 Å². The molecule has 1 saturated heterocycles. The molecule has 0 bridgehead atoms. The fourth-order valence-corrected chi connectivity index (χ4v) is 2.39. The van der Waals surface area contributed by atoms with Crippen LogP contribution in [0.15, 0.2) is 23.9 Å². The van der Waals surface area contributed by atoms with Gasteiger partial charge in [0.05, 0.1) is 11.8 Å². The zero-order chi connectivity index (χ0) is 12.6. The van der Waals surface area contributed by atoms with Crippen molar-refractivity contribution in [3.05, 3.63) is 23.9 Å². The number of carboxylic acids is 1. The number of imide groups is 1. The van der Waals surface area contributed by atoms with E-state index in [1.54, 1.807) is 0 Å². The molecule has 5 heteroatoms. The number of likely N-dealkylation sites (tertiary alicyclic amines) is 1. The molecule has 5 nitrogen and oxygen atoms in total. The van der Waals surface area contributed by atoms with Gasteiger partial charge in [0.2, 0.25) is 11.8 Å². The smallest absolute Gasteiger partial charge is 0.352 e. The minimum absolute atomic E-state index is 0.241. The van der Waals surface area contributed by atoms with Gasteiger partial charge in [0.1, 0.15) is 5.70 Å². The number of amides is 2. The predicted molar refractivity (Wildman–Crippen MR) is 58.6 cm³/mol. The van der Waals surface area contributed by atoms with Gasteiger partial charge in [0, 0.05) is 0 Å². The number of nitrogens with zero attached hydrogens (tertiary/aromatic N) is 1. The van der Waals surface area contributed by atoms with Gasteiger partial charge in [-0.05, 0) is 19.8 Å². The minimum atomic E-state index is -1.25. The number of carbonyl (C=O) groups excluding carboxylic acids is 2. The van der Waals surface area contributed by atoms with Crippen molar-refractivity contribution in [1.82, 2.24) is 4.90 Å². The van der Waals surface area contributed by atoms with E-state index in [1.165, 1.54) is 13.0 Å². The van der Waals surface area contributed by atoms with E-state index < -0.39 is 5.97 Å². The number of carboxylic acid groups (broad SMARTS) is 1. The topological polar surface area (TPSA) is 74.7 Å². The van der Waals surface area contributed by atoms with Gasteiger partial charge < -0.3 is 5.11 Å². The zero-order valence-electron chi connectivity index (χ0n) is 9.42. The summed E-state index contributed by atoms with van der Waals surface area (Å²) >= 11 is 0. The van der Waals surface area contributed by atoms with Crippen LogP contribution in [0.3, 0.4) is 0 Å². The molecule has 0 aromatic carbocycles. The molecule has 2 atom stereocenters. The van der Waals surface area contributed by atoms with Gasteiger partial charge in [-0.1, -0.05) is 18.2 Å². The van der Waals surface area contributed by atoms with Crippen LogP contribution >= 0.6 is 0 Å². The lowest BCUT2D eigenvalue weighted by Gasteiger charge is -2.14. The highest BCUT2D eigenvalue weighted by atomic mass is 16.4. The van der Waals surface area contributed by atoms with Crippen LogP contribution < -0.4 is 0 Å². The normalized spacial score (nSPS) is 28.5. The second kappa shape index (κ2) is 4.16. The molecule has 1 fully saturated rings. The Bertz CT molecular complexity index is 423. The largest absolute Gasteiger partial charge is 0.477 e. The summed E-state index contributed by atoms with van der Waals surface area (Å²) in [5, 5.41) is 8.97. The molecule has 1 heterocycles. The lowest BCUT2D eigenvalue weighted by Crippen LogP contribution is -2.33. The third-order valence-corrected chi connectivity index (χ3v) is 3.24. The molecule has 2 aliphatic rings. The van der Waals surface area contributed by atoms with E-state index in [9.17, 15) is 14.4 Å². The summed E-state index contributed by atoms with van der Waals surface area (Å²) in [5.41, 5.74) is -0.241. The molecule has 0 radical (unpaired) electrons. The van der Waals surface area contributed by atoms with Crippen molar-refractivity contribution in [1.29, 1.82) is 0 Å². The Kier molecular flexibility index (Phi) is 2.83. The molecule has 2 amide bonds. The van der Waals surface area contributed by atoms with Crippen LogP contribution in [-0.4, -0.2) is 27.8 Å². The van der Waals surface area contributed by atoms with E-state index in [2.05, 4.69) is 0 Å². The summed E-state index contributed by atoms with van der Waals surface area (Å²) in [5.74, 6) is -2.80. The number of aliphatic carboxylic acids is 1. The molecule has 0 spiro atoms. The highest BCUT2D eigenvalue weighted by molar-refractivity contribution is 6.11. The summed E-state index contributed by atoms with van der Waals surface area (Å²) in [6, 6.07) is 0. The SMILES string of the molecule is C/C=C(/C(=O)O)N1C(=O)[C@H]2CC=CC[C@H]2C1=O. The number of allylic oxidation sites excluding steroid dienone is 3. The third kappa shape index (κ3) is 1.67. The maximum absolute atomic E-state index is 12.0. The molecule has 0 aromatic rings. The fraction of sp³-hybridized carbons (Fsp3) is 0.417. The first-order valence-electron chi connectivity index (χ1n) is 5.50. The quantitative estimate of drug-likeness (QED) is 0.439. The van der Waals surface area contributed by atoms with Gasteiger partial charge in [0.25, 0.3) is 0 Å². The summed E-state index contributed by atoms with van der Waals surface area (Å²) in [6.45, 7) is 1.50. The highest BCUT2D eigenvalue weighted by Gasteiger charge is 2.49. The molecular weight excluding hydrogens is 222 g/mol. The summed E-state index contributed by atoms with van der Waals surface area (Å²) in [6.07, 6.45) is 6.05. The van der Waals surface area contributed by atoms with Gasteiger partial charge in [-0.3, -0.25) is 9.59 Å². The second-order valence-electron chi connectivity index (χ2n) is 4.15.